The minimum Gasteiger partial charge on any atom is -0.456 e. The largest absolute Gasteiger partial charge is 0.456 e. The van der Waals surface area contributed by atoms with Gasteiger partial charge in [0.15, 0.2) is 0 Å². The molecule has 0 amide bonds. The molecule has 2 aromatic carbocycles. The Morgan fingerprint density at radius 1 is 1.17 bits per heavy atom. The van der Waals surface area contributed by atoms with E-state index in [9.17, 15) is 10.1 Å². The first-order valence-corrected chi connectivity index (χ1v) is 6.47. The van der Waals surface area contributed by atoms with E-state index >= 15 is 0 Å². The van der Waals surface area contributed by atoms with Gasteiger partial charge in [0.25, 0.3) is 5.69 Å². The maximum absolute atomic E-state index is 11.0. The Morgan fingerprint density at radius 3 is 2.67 bits per heavy atom. The van der Waals surface area contributed by atoms with Gasteiger partial charge in [-0.05, 0) is 12.1 Å². The fraction of sp³-hybridized carbons (Fsp3) is 0.0769. The Labute approximate surface area is 110 Å². The standard InChI is InChI=1S/C13H8BrNO3/c14-7-8-5-10-9-3-1-2-4-12(9)18-13(10)6-11(8)15(16)17/h1-6H,7H2. The molecule has 1 aromatic heterocycles. The molecule has 0 radical (unpaired) electrons. The van der Waals surface area contributed by atoms with Gasteiger partial charge in [-0.25, -0.2) is 0 Å². The first-order chi connectivity index (χ1) is 8.70. The first-order valence-electron chi connectivity index (χ1n) is 5.35. The van der Waals surface area contributed by atoms with E-state index in [4.69, 9.17) is 4.42 Å². The number of rotatable bonds is 2. The molecule has 4 nitrogen and oxygen atoms in total. The predicted octanol–water partition coefficient (Wildman–Crippen LogP) is 4.39. The van der Waals surface area contributed by atoms with Crippen molar-refractivity contribution in [3.8, 4) is 0 Å². The van der Waals surface area contributed by atoms with E-state index in [0.29, 0.717) is 16.5 Å². The lowest BCUT2D eigenvalue weighted by atomic mass is 10.1. The van der Waals surface area contributed by atoms with Crippen LogP contribution in [0, 0.1) is 10.1 Å². The van der Waals surface area contributed by atoms with Crippen molar-refractivity contribution in [1.29, 1.82) is 0 Å². The molecular formula is C13H8BrNO3. The summed E-state index contributed by atoms with van der Waals surface area (Å²) in [6.07, 6.45) is 0. The van der Waals surface area contributed by atoms with Gasteiger partial charge in [0.2, 0.25) is 0 Å². The number of para-hydroxylation sites is 1. The minimum absolute atomic E-state index is 0.0819. The summed E-state index contributed by atoms with van der Waals surface area (Å²) < 4.78 is 5.62. The van der Waals surface area contributed by atoms with Crippen LogP contribution in [0.25, 0.3) is 21.9 Å². The van der Waals surface area contributed by atoms with E-state index in [0.717, 1.165) is 16.4 Å². The normalized spacial score (nSPS) is 11.2. The van der Waals surface area contributed by atoms with Crippen molar-refractivity contribution in [3.63, 3.8) is 0 Å². The van der Waals surface area contributed by atoms with E-state index in [-0.39, 0.29) is 10.6 Å². The number of fused-ring (bicyclic) bond motifs is 3. The van der Waals surface area contributed by atoms with E-state index in [2.05, 4.69) is 15.9 Å². The zero-order chi connectivity index (χ0) is 12.7. The molecular weight excluding hydrogens is 298 g/mol. The van der Waals surface area contributed by atoms with Gasteiger partial charge in [-0.3, -0.25) is 10.1 Å². The molecule has 3 aromatic rings. The van der Waals surface area contributed by atoms with Crippen molar-refractivity contribution in [2.75, 3.05) is 0 Å². The van der Waals surface area contributed by atoms with Crippen LogP contribution in [0.15, 0.2) is 40.8 Å². The molecule has 0 saturated carbocycles. The first kappa shape index (κ1) is 11.2. The molecule has 0 unspecified atom stereocenters. The Balaban J connectivity index is 2.43. The van der Waals surface area contributed by atoms with Crippen molar-refractivity contribution in [2.45, 2.75) is 5.33 Å². The Hall–Kier alpha value is -1.88. The third-order valence-electron chi connectivity index (χ3n) is 2.92. The number of alkyl halides is 1. The maximum Gasteiger partial charge on any atom is 0.277 e. The maximum atomic E-state index is 11.0. The molecule has 3 rings (SSSR count). The minimum atomic E-state index is -0.386. The van der Waals surface area contributed by atoms with Crippen molar-refractivity contribution >= 4 is 43.6 Å². The summed E-state index contributed by atoms with van der Waals surface area (Å²) in [4.78, 5) is 10.6. The van der Waals surface area contributed by atoms with Crippen LogP contribution < -0.4 is 0 Å². The Bertz CT molecular complexity index is 763. The van der Waals surface area contributed by atoms with Crippen LogP contribution in [0.5, 0.6) is 0 Å². The van der Waals surface area contributed by atoms with Gasteiger partial charge < -0.3 is 4.42 Å². The number of benzene rings is 2. The van der Waals surface area contributed by atoms with E-state index in [1.54, 1.807) is 0 Å². The molecule has 0 aliphatic rings. The highest BCUT2D eigenvalue weighted by Crippen LogP contribution is 2.34. The van der Waals surface area contributed by atoms with Crippen molar-refractivity contribution in [1.82, 2.24) is 0 Å². The monoisotopic (exact) mass is 305 g/mol. The molecule has 0 bridgehead atoms. The molecule has 1 heterocycles. The molecule has 0 N–H and O–H groups in total. The van der Waals surface area contributed by atoms with E-state index in [1.165, 1.54) is 6.07 Å². The van der Waals surface area contributed by atoms with Gasteiger partial charge in [-0.2, -0.15) is 0 Å². The predicted molar refractivity (Wildman–Crippen MR) is 73.0 cm³/mol. The van der Waals surface area contributed by atoms with Gasteiger partial charge in [0.1, 0.15) is 11.2 Å². The van der Waals surface area contributed by atoms with Crippen molar-refractivity contribution in [3.05, 3.63) is 52.1 Å². The van der Waals surface area contributed by atoms with Crippen LogP contribution in [0.3, 0.4) is 0 Å². The molecule has 0 aliphatic heterocycles. The number of halogens is 1. The van der Waals surface area contributed by atoms with E-state index in [1.807, 2.05) is 30.3 Å². The highest BCUT2D eigenvalue weighted by molar-refractivity contribution is 9.08. The van der Waals surface area contributed by atoms with Gasteiger partial charge in [-0.15, -0.1) is 0 Å². The fourth-order valence-corrected chi connectivity index (χ4v) is 2.53. The molecule has 90 valence electrons. The second kappa shape index (κ2) is 4.10. The third-order valence-corrected chi connectivity index (χ3v) is 3.52. The summed E-state index contributed by atoms with van der Waals surface area (Å²) in [7, 11) is 0. The second-order valence-corrected chi connectivity index (χ2v) is 4.53. The average Bonchev–Trinajstić information content (AvgIpc) is 2.74. The van der Waals surface area contributed by atoms with Crippen LogP contribution in [0.4, 0.5) is 5.69 Å². The molecule has 0 atom stereocenters. The molecule has 18 heavy (non-hydrogen) atoms. The lowest BCUT2D eigenvalue weighted by molar-refractivity contribution is -0.385. The quantitative estimate of drug-likeness (QED) is 0.401. The molecule has 0 fully saturated rings. The lowest BCUT2D eigenvalue weighted by Crippen LogP contribution is -1.92. The van der Waals surface area contributed by atoms with Crippen LogP contribution in [0.1, 0.15) is 5.56 Å². The zero-order valence-electron chi connectivity index (χ0n) is 9.22. The SMILES string of the molecule is O=[N+]([O-])c1cc2oc3ccccc3c2cc1CBr. The third kappa shape index (κ3) is 1.59. The zero-order valence-corrected chi connectivity index (χ0v) is 10.8. The molecule has 5 heteroatoms. The number of hydrogen-bond acceptors (Lipinski definition) is 3. The van der Waals surface area contributed by atoms with Gasteiger partial charge >= 0.3 is 0 Å². The number of nitro benzene ring substituents is 1. The number of furan rings is 1. The van der Waals surface area contributed by atoms with Crippen LogP contribution in [-0.4, -0.2) is 4.92 Å². The van der Waals surface area contributed by atoms with E-state index < -0.39 is 0 Å². The summed E-state index contributed by atoms with van der Waals surface area (Å²) in [6, 6.07) is 10.9. The van der Waals surface area contributed by atoms with Crippen LogP contribution in [-0.2, 0) is 5.33 Å². The number of nitro groups is 1. The number of nitrogens with zero attached hydrogens (tertiary/aromatic N) is 1. The van der Waals surface area contributed by atoms with Gasteiger partial charge in [-0.1, -0.05) is 34.1 Å². The lowest BCUT2D eigenvalue weighted by Gasteiger charge is -1.98. The van der Waals surface area contributed by atoms with Crippen LogP contribution >= 0.6 is 15.9 Å². The Kier molecular flexibility index (Phi) is 2.56. The smallest absolute Gasteiger partial charge is 0.277 e. The fourth-order valence-electron chi connectivity index (χ4n) is 2.08. The second-order valence-electron chi connectivity index (χ2n) is 3.97. The summed E-state index contributed by atoms with van der Waals surface area (Å²) in [5, 5.41) is 13.3. The van der Waals surface area contributed by atoms with Crippen molar-refractivity contribution < 1.29 is 9.34 Å². The van der Waals surface area contributed by atoms with Gasteiger partial charge in [0.05, 0.1) is 11.0 Å². The number of hydrogen-bond donors (Lipinski definition) is 0. The summed E-state index contributed by atoms with van der Waals surface area (Å²) in [5.41, 5.74) is 2.03. The molecule has 0 saturated heterocycles. The average molecular weight is 306 g/mol. The summed E-state index contributed by atoms with van der Waals surface area (Å²) >= 11 is 3.28. The van der Waals surface area contributed by atoms with Crippen molar-refractivity contribution in [2.24, 2.45) is 0 Å². The molecule has 0 aliphatic carbocycles. The summed E-state index contributed by atoms with van der Waals surface area (Å²) in [6.45, 7) is 0. The Morgan fingerprint density at radius 2 is 1.94 bits per heavy atom. The highest BCUT2D eigenvalue weighted by Gasteiger charge is 2.17. The highest BCUT2D eigenvalue weighted by atomic mass is 79.9. The summed E-state index contributed by atoms with van der Waals surface area (Å²) in [5.74, 6) is 0. The topological polar surface area (TPSA) is 56.3 Å². The van der Waals surface area contributed by atoms with Gasteiger partial charge in [0, 0.05) is 21.7 Å². The molecule has 0 spiro atoms. The van der Waals surface area contributed by atoms with Crippen LogP contribution in [0.2, 0.25) is 0 Å².